The molecule has 1 amide bonds. The second-order valence-corrected chi connectivity index (χ2v) is 9.65. The van der Waals surface area contributed by atoms with E-state index in [-0.39, 0.29) is 17.4 Å². The first-order valence-electron chi connectivity index (χ1n) is 9.40. The van der Waals surface area contributed by atoms with E-state index in [0.29, 0.717) is 17.3 Å². The third-order valence-electron chi connectivity index (χ3n) is 4.77. The Labute approximate surface area is 186 Å². The lowest BCUT2D eigenvalue weighted by Crippen LogP contribution is -2.49. The molecule has 30 heavy (non-hydrogen) atoms. The fourth-order valence-electron chi connectivity index (χ4n) is 3.34. The predicted molar refractivity (Wildman–Crippen MR) is 124 cm³/mol. The molecule has 0 heterocycles. The van der Waals surface area contributed by atoms with Crippen LogP contribution in [0.15, 0.2) is 60.7 Å². The minimum absolute atomic E-state index is 0.217. The second-order valence-electron chi connectivity index (χ2n) is 6.98. The first-order chi connectivity index (χ1) is 14.2. The van der Waals surface area contributed by atoms with Gasteiger partial charge in [-0.2, -0.15) is 0 Å². The molecule has 0 aliphatic heterocycles. The molecular formula is C22H22Cl2N2O3S. The van der Waals surface area contributed by atoms with Crippen molar-refractivity contribution in [1.29, 1.82) is 0 Å². The monoisotopic (exact) mass is 464 g/mol. The van der Waals surface area contributed by atoms with Gasteiger partial charge in [0.2, 0.25) is 15.9 Å². The highest BCUT2D eigenvalue weighted by atomic mass is 35.5. The maximum atomic E-state index is 12.9. The van der Waals surface area contributed by atoms with Gasteiger partial charge in [-0.15, -0.1) is 0 Å². The van der Waals surface area contributed by atoms with E-state index in [0.717, 1.165) is 26.9 Å². The molecule has 0 saturated heterocycles. The van der Waals surface area contributed by atoms with Gasteiger partial charge < -0.3 is 5.32 Å². The fourth-order valence-corrected chi connectivity index (χ4v) is 4.83. The molecule has 1 atom stereocenters. The van der Waals surface area contributed by atoms with Crippen molar-refractivity contribution < 1.29 is 13.2 Å². The van der Waals surface area contributed by atoms with Gasteiger partial charge in [0, 0.05) is 6.54 Å². The highest BCUT2D eigenvalue weighted by Gasteiger charge is 2.31. The Hall–Kier alpha value is -2.28. The van der Waals surface area contributed by atoms with E-state index < -0.39 is 16.1 Å². The summed E-state index contributed by atoms with van der Waals surface area (Å²) in [6.07, 6.45) is 1.35. The van der Waals surface area contributed by atoms with Gasteiger partial charge in [-0.25, -0.2) is 8.42 Å². The van der Waals surface area contributed by atoms with E-state index in [2.05, 4.69) is 5.32 Å². The van der Waals surface area contributed by atoms with Crippen LogP contribution in [0.3, 0.4) is 0 Å². The van der Waals surface area contributed by atoms with Crippen LogP contribution in [0.5, 0.6) is 0 Å². The summed E-state index contributed by atoms with van der Waals surface area (Å²) in [4.78, 5) is 12.9. The zero-order valence-electron chi connectivity index (χ0n) is 16.6. The van der Waals surface area contributed by atoms with Crippen LogP contribution in [0, 0.1) is 0 Å². The lowest BCUT2D eigenvalue weighted by atomic mass is 10.1. The minimum Gasteiger partial charge on any atom is -0.350 e. The van der Waals surface area contributed by atoms with Crippen LogP contribution in [0.2, 0.25) is 10.0 Å². The second kappa shape index (κ2) is 9.25. The van der Waals surface area contributed by atoms with Gasteiger partial charge in [-0.3, -0.25) is 9.10 Å². The van der Waals surface area contributed by atoms with Gasteiger partial charge >= 0.3 is 0 Å². The van der Waals surface area contributed by atoms with Crippen molar-refractivity contribution in [2.45, 2.75) is 25.9 Å². The van der Waals surface area contributed by atoms with E-state index in [1.807, 2.05) is 42.5 Å². The molecule has 0 saturated carbocycles. The molecule has 0 aromatic heterocycles. The molecule has 0 fully saturated rings. The van der Waals surface area contributed by atoms with Crippen molar-refractivity contribution in [1.82, 2.24) is 5.32 Å². The number of nitrogens with one attached hydrogen (secondary N) is 1. The summed E-state index contributed by atoms with van der Waals surface area (Å²) >= 11 is 12.0. The van der Waals surface area contributed by atoms with E-state index in [4.69, 9.17) is 23.2 Å². The zero-order valence-corrected chi connectivity index (χ0v) is 18.9. The summed E-state index contributed by atoms with van der Waals surface area (Å²) < 4.78 is 26.1. The van der Waals surface area contributed by atoms with Crippen molar-refractivity contribution in [3.63, 3.8) is 0 Å². The van der Waals surface area contributed by atoms with Crippen molar-refractivity contribution in [2.75, 3.05) is 10.6 Å². The zero-order chi connectivity index (χ0) is 21.9. The summed E-state index contributed by atoms with van der Waals surface area (Å²) in [6.45, 7) is 2.05. The first kappa shape index (κ1) is 22.4. The van der Waals surface area contributed by atoms with Gasteiger partial charge in [0.15, 0.2) is 0 Å². The van der Waals surface area contributed by atoms with Gasteiger partial charge in [0.1, 0.15) is 6.04 Å². The average Bonchev–Trinajstić information content (AvgIpc) is 2.71. The van der Waals surface area contributed by atoms with E-state index in [9.17, 15) is 13.2 Å². The summed E-state index contributed by atoms with van der Waals surface area (Å²) in [7, 11) is -3.74. The molecular weight excluding hydrogens is 443 g/mol. The average molecular weight is 465 g/mol. The molecule has 3 aromatic carbocycles. The number of anilines is 1. The van der Waals surface area contributed by atoms with Crippen LogP contribution in [0.1, 0.15) is 18.9 Å². The number of fused-ring (bicyclic) bond motifs is 1. The Bertz CT molecular complexity index is 1180. The van der Waals surface area contributed by atoms with E-state index in [1.165, 1.54) is 18.2 Å². The third kappa shape index (κ3) is 5.06. The molecule has 8 heteroatoms. The van der Waals surface area contributed by atoms with Crippen molar-refractivity contribution in [3.05, 3.63) is 76.3 Å². The number of carbonyl (C=O) groups excluding carboxylic acids is 1. The number of rotatable bonds is 7. The van der Waals surface area contributed by atoms with Crippen LogP contribution in [-0.4, -0.2) is 26.6 Å². The van der Waals surface area contributed by atoms with Crippen molar-refractivity contribution in [3.8, 4) is 0 Å². The Morgan fingerprint density at radius 2 is 1.70 bits per heavy atom. The quantitative estimate of drug-likeness (QED) is 0.534. The fraction of sp³-hybridized carbons (Fsp3) is 0.227. The maximum Gasteiger partial charge on any atom is 0.244 e. The molecule has 0 aliphatic carbocycles. The molecule has 5 nitrogen and oxygen atoms in total. The Balaban J connectivity index is 1.83. The number of benzene rings is 3. The summed E-state index contributed by atoms with van der Waals surface area (Å²) in [5.41, 5.74) is 1.22. The number of sulfonamides is 1. The summed E-state index contributed by atoms with van der Waals surface area (Å²) in [5.74, 6) is -0.387. The van der Waals surface area contributed by atoms with Crippen LogP contribution < -0.4 is 9.62 Å². The number of halogens is 2. The summed E-state index contributed by atoms with van der Waals surface area (Å²) in [6, 6.07) is 17.5. The molecule has 1 unspecified atom stereocenters. The van der Waals surface area contributed by atoms with Crippen LogP contribution >= 0.6 is 23.2 Å². The molecule has 0 bridgehead atoms. The highest BCUT2D eigenvalue weighted by molar-refractivity contribution is 7.92. The number of amides is 1. The number of carbonyl (C=O) groups is 1. The van der Waals surface area contributed by atoms with E-state index >= 15 is 0 Å². The molecule has 0 radical (unpaired) electrons. The number of hydrogen-bond acceptors (Lipinski definition) is 3. The normalized spacial score (nSPS) is 12.5. The van der Waals surface area contributed by atoms with Crippen LogP contribution in [0.4, 0.5) is 5.69 Å². The highest BCUT2D eigenvalue weighted by Crippen LogP contribution is 2.30. The lowest BCUT2D eigenvalue weighted by Gasteiger charge is -2.30. The smallest absolute Gasteiger partial charge is 0.244 e. The minimum atomic E-state index is -3.74. The van der Waals surface area contributed by atoms with E-state index in [1.54, 1.807) is 6.92 Å². The molecule has 1 N–H and O–H groups in total. The Morgan fingerprint density at radius 3 is 2.33 bits per heavy atom. The third-order valence-corrected chi connectivity index (χ3v) is 6.69. The molecule has 158 valence electrons. The topological polar surface area (TPSA) is 66.5 Å². The maximum absolute atomic E-state index is 12.9. The Morgan fingerprint density at radius 1 is 1.00 bits per heavy atom. The van der Waals surface area contributed by atoms with Gasteiger partial charge in [-0.05, 0) is 47.0 Å². The molecule has 3 rings (SSSR count). The molecule has 3 aromatic rings. The predicted octanol–water partition coefficient (Wildman–Crippen LogP) is 5.01. The van der Waals surface area contributed by atoms with Crippen LogP contribution in [0.25, 0.3) is 10.8 Å². The summed E-state index contributed by atoms with van der Waals surface area (Å²) in [5, 5.41) is 5.57. The van der Waals surface area contributed by atoms with Crippen LogP contribution in [-0.2, 0) is 21.4 Å². The van der Waals surface area contributed by atoms with Gasteiger partial charge in [-0.1, -0.05) is 66.5 Å². The standard InChI is InChI=1S/C22H22Cl2N2O3S/c1-3-21(26(30(2,28)29)18-10-11-19(23)20(24)13-18)22(27)25-14-15-8-9-16-6-4-5-7-17(16)12-15/h4-13,21H,3,14H2,1-2H3,(H,25,27). The number of nitrogens with zero attached hydrogens (tertiary/aromatic N) is 1. The Kier molecular flexibility index (Phi) is 6.91. The van der Waals surface area contributed by atoms with Gasteiger partial charge in [0.05, 0.1) is 22.0 Å². The molecule has 0 spiro atoms. The van der Waals surface area contributed by atoms with Crippen molar-refractivity contribution in [2.24, 2.45) is 0 Å². The SMILES string of the molecule is CCC(C(=O)NCc1ccc2ccccc2c1)N(c1ccc(Cl)c(Cl)c1)S(C)(=O)=O. The lowest BCUT2D eigenvalue weighted by molar-refractivity contribution is -0.122. The van der Waals surface area contributed by atoms with Crippen molar-refractivity contribution >= 4 is 55.6 Å². The largest absolute Gasteiger partial charge is 0.350 e. The first-order valence-corrected chi connectivity index (χ1v) is 12.0. The van der Waals surface area contributed by atoms with Gasteiger partial charge in [0.25, 0.3) is 0 Å². The molecule has 0 aliphatic rings. The number of hydrogen-bond donors (Lipinski definition) is 1.